The zero-order valence-electron chi connectivity index (χ0n) is 34.1. The van der Waals surface area contributed by atoms with Crippen LogP contribution in [0.25, 0.3) is 22.1 Å². The third kappa shape index (κ3) is 8.16. The van der Waals surface area contributed by atoms with Crippen LogP contribution in [0.4, 0.5) is 0 Å². The molecule has 3 aromatic heterocycles. The molecule has 2 aromatic carbocycles. The van der Waals surface area contributed by atoms with E-state index in [0.29, 0.717) is 18.3 Å². The molecule has 0 saturated carbocycles. The molecular formula is C45H54BrN9O4. The van der Waals surface area contributed by atoms with E-state index in [0.717, 1.165) is 135 Å². The quantitative estimate of drug-likeness (QED) is 0.206. The van der Waals surface area contributed by atoms with Gasteiger partial charge in [0.1, 0.15) is 11.7 Å². The van der Waals surface area contributed by atoms with E-state index < -0.39 is 11.9 Å². The third-order valence-corrected chi connectivity index (χ3v) is 14.2. The van der Waals surface area contributed by atoms with Crippen molar-refractivity contribution >= 4 is 55.7 Å². The maximum atomic E-state index is 13.6. The molecule has 1 atom stereocenters. The number of hydrogen-bond donors (Lipinski definition) is 1. The maximum Gasteiger partial charge on any atom is 0.329 e. The molecule has 7 heterocycles. The zero-order valence-corrected chi connectivity index (χ0v) is 35.7. The molecule has 4 fully saturated rings. The minimum Gasteiger partial charge on any atom is -0.339 e. The highest BCUT2D eigenvalue weighted by atomic mass is 79.9. The summed E-state index contributed by atoms with van der Waals surface area (Å²) in [5.41, 5.74) is 6.84. The Bertz CT molecular complexity index is 2430. The molecule has 1 N–H and O–H groups in total. The van der Waals surface area contributed by atoms with Crippen LogP contribution in [0.1, 0.15) is 77.7 Å². The number of pyridine rings is 1. The summed E-state index contributed by atoms with van der Waals surface area (Å²) in [4.78, 5) is 65.2. The lowest BCUT2D eigenvalue weighted by Crippen LogP contribution is -2.48. The zero-order chi connectivity index (χ0) is 40.8. The van der Waals surface area contributed by atoms with E-state index in [4.69, 9.17) is 0 Å². The summed E-state index contributed by atoms with van der Waals surface area (Å²) in [5, 5.41) is 3.54. The molecule has 0 bridgehead atoms. The largest absolute Gasteiger partial charge is 0.339 e. The van der Waals surface area contributed by atoms with Gasteiger partial charge in [0.05, 0.1) is 11.0 Å². The van der Waals surface area contributed by atoms with Crippen molar-refractivity contribution in [3.8, 4) is 0 Å². The highest BCUT2D eigenvalue weighted by Crippen LogP contribution is 2.31. The summed E-state index contributed by atoms with van der Waals surface area (Å²) in [7, 11) is 3.84. The van der Waals surface area contributed by atoms with Crippen LogP contribution in [0.15, 0.2) is 70.1 Å². The molecule has 0 aliphatic carbocycles. The first-order chi connectivity index (χ1) is 28.6. The number of fused-ring (bicyclic) bond motifs is 2. The van der Waals surface area contributed by atoms with Crippen LogP contribution in [0.3, 0.4) is 0 Å². The molecule has 14 heteroatoms. The van der Waals surface area contributed by atoms with Gasteiger partial charge in [-0.2, -0.15) is 0 Å². The number of imidazole rings is 1. The first kappa shape index (κ1) is 39.8. The summed E-state index contributed by atoms with van der Waals surface area (Å²) < 4.78 is 6.43. The van der Waals surface area contributed by atoms with E-state index in [1.54, 1.807) is 11.6 Å². The summed E-state index contributed by atoms with van der Waals surface area (Å²) >= 11 is 3.67. The number of benzene rings is 2. The number of halogens is 1. The second-order valence-corrected chi connectivity index (χ2v) is 18.1. The Morgan fingerprint density at radius 3 is 2.19 bits per heavy atom. The average molecular weight is 865 g/mol. The lowest BCUT2D eigenvalue weighted by Gasteiger charge is -2.39. The highest BCUT2D eigenvalue weighted by molar-refractivity contribution is 9.10. The Hall–Kier alpha value is -4.63. The molecule has 0 spiro atoms. The van der Waals surface area contributed by atoms with Crippen molar-refractivity contribution in [3.63, 3.8) is 0 Å². The molecular weight excluding hydrogens is 810 g/mol. The molecule has 13 nitrogen and oxygen atoms in total. The van der Waals surface area contributed by atoms with E-state index in [1.807, 2.05) is 30.5 Å². The number of rotatable bonds is 9. The molecule has 59 heavy (non-hydrogen) atoms. The highest BCUT2D eigenvalue weighted by Gasteiger charge is 2.32. The number of carbonyl (C=O) groups excluding carboxylic acids is 3. The van der Waals surface area contributed by atoms with Gasteiger partial charge in [0.25, 0.3) is 5.91 Å². The monoisotopic (exact) mass is 863 g/mol. The minimum atomic E-state index is -0.678. The lowest BCUT2D eigenvalue weighted by atomic mass is 9.88. The Morgan fingerprint density at radius 2 is 1.47 bits per heavy atom. The number of likely N-dealkylation sites (tertiary alicyclic amines) is 2. The number of aromatic nitrogens is 4. The minimum absolute atomic E-state index is 0.153. The van der Waals surface area contributed by atoms with E-state index >= 15 is 0 Å². The van der Waals surface area contributed by atoms with E-state index in [-0.39, 0.29) is 23.9 Å². The second-order valence-electron chi connectivity index (χ2n) is 17.2. The van der Waals surface area contributed by atoms with Gasteiger partial charge in [0, 0.05) is 107 Å². The van der Waals surface area contributed by atoms with Gasteiger partial charge in [0.2, 0.25) is 11.8 Å². The number of nitrogens with zero attached hydrogens (tertiary/aromatic N) is 8. The van der Waals surface area contributed by atoms with E-state index in [2.05, 4.69) is 87.8 Å². The standard InChI is InChI=1S/C45H54BrN9O4/c1-49-35(26-36-37(46)11-16-47-42(36)49)29-51-17-14-33(15-18-51)32-4-6-34(7-5-32)44(58)54-19-12-30(13-20-54)27-52-21-23-53(24-22-52)28-31-3-8-38-40(25-31)50(2)45(59)55(38)39-9-10-41(56)48-43(39)57/h3-8,11,16,25-26,30,33,39H,9-10,12-15,17-24,27-29H2,1-2H3,(H,48,56,57). The van der Waals surface area contributed by atoms with Crippen LogP contribution in [0.5, 0.6) is 0 Å². The predicted molar refractivity (Wildman–Crippen MR) is 231 cm³/mol. The molecule has 4 aliphatic rings. The van der Waals surface area contributed by atoms with Gasteiger partial charge in [-0.25, -0.2) is 9.78 Å². The predicted octanol–water partition coefficient (Wildman–Crippen LogP) is 5.02. The second kappa shape index (κ2) is 16.8. The normalized spacial score (nSPS) is 20.9. The number of amides is 3. The Kier molecular flexibility index (Phi) is 11.3. The molecule has 3 amide bonds. The number of nitrogens with one attached hydrogen (secondary N) is 1. The fraction of sp³-hybridized carbons (Fsp3) is 0.489. The first-order valence-corrected chi connectivity index (χ1v) is 22.1. The first-order valence-electron chi connectivity index (χ1n) is 21.3. The van der Waals surface area contributed by atoms with Gasteiger partial charge in [-0.05, 0) is 120 Å². The van der Waals surface area contributed by atoms with Crippen LogP contribution >= 0.6 is 15.9 Å². The molecule has 310 valence electrons. The van der Waals surface area contributed by atoms with Gasteiger partial charge in [-0.15, -0.1) is 0 Å². The molecule has 5 aromatic rings. The van der Waals surface area contributed by atoms with Crippen molar-refractivity contribution in [2.24, 2.45) is 20.0 Å². The van der Waals surface area contributed by atoms with Crippen LogP contribution < -0.4 is 11.0 Å². The number of hydrogen-bond acceptors (Lipinski definition) is 8. The Morgan fingerprint density at radius 1 is 0.763 bits per heavy atom. The summed E-state index contributed by atoms with van der Waals surface area (Å²) in [6.07, 6.45) is 6.71. The molecule has 9 rings (SSSR count). The van der Waals surface area contributed by atoms with Crippen LogP contribution in [0.2, 0.25) is 0 Å². The van der Waals surface area contributed by atoms with Crippen LogP contribution in [0, 0.1) is 5.92 Å². The summed E-state index contributed by atoms with van der Waals surface area (Å²) in [6, 6.07) is 18.1. The number of carbonyl (C=O) groups is 3. The Balaban J connectivity index is 0.708. The fourth-order valence-electron chi connectivity index (χ4n) is 9.93. The number of aryl methyl sites for hydroxylation is 2. The molecule has 1 unspecified atom stereocenters. The molecule has 0 radical (unpaired) electrons. The van der Waals surface area contributed by atoms with Crippen molar-refractivity contribution in [2.75, 3.05) is 58.9 Å². The number of imide groups is 1. The van der Waals surface area contributed by atoms with Crippen molar-refractivity contribution in [3.05, 3.63) is 98.1 Å². The Labute approximate surface area is 353 Å². The molecule has 4 aliphatic heterocycles. The maximum absolute atomic E-state index is 13.6. The summed E-state index contributed by atoms with van der Waals surface area (Å²) in [6.45, 7) is 10.5. The topological polar surface area (TPSA) is 121 Å². The number of piperazine rings is 1. The van der Waals surface area contributed by atoms with Gasteiger partial charge in [-0.1, -0.05) is 18.2 Å². The van der Waals surface area contributed by atoms with Gasteiger partial charge < -0.3 is 14.4 Å². The van der Waals surface area contributed by atoms with Gasteiger partial charge in [-0.3, -0.25) is 38.6 Å². The summed E-state index contributed by atoms with van der Waals surface area (Å²) in [5.74, 6) is 0.557. The average Bonchev–Trinajstić information content (AvgIpc) is 3.70. The van der Waals surface area contributed by atoms with E-state index in [9.17, 15) is 19.2 Å². The van der Waals surface area contributed by atoms with Crippen LogP contribution in [-0.2, 0) is 36.8 Å². The SMILES string of the molecule is Cn1c(CN2CCC(c3ccc(C(=O)N4CCC(CN5CCN(Cc6ccc7c(c6)n(C)c(=O)n7C6CCC(=O)NC6=O)CC5)CC4)cc3)CC2)cc2c(Br)ccnc21. The van der Waals surface area contributed by atoms with E-state index in [1.165, 1.54) is 15.8 Å². The van der Waals surface area contributed by atoms with Crippen molar-refractivity contribution in [2.45, 2.75) is 63.6 Å². The third-order valence-electron chi connectivity index (χ3n) is 13.5. The number of piperidine rings is 3. The van der Waals surface area contributed by atoms with Gasteiger partial charge >= 0.3 is 5.69 Å². The van der Waals surface area contributed by atoms with Crippen molar-refractivity contribution < 1.29 is 14.4 Å². The van der Waals surface area contributed by atoms with Crippen molar-refractivity contribution in [1.82, 2.24) is 43.6 Å². The van der Waals surface area contributed by atoms with Gasteiger partial charge in [0.15, 0.2) is 0 Å². The van der Waals surface area contributed by atoms with Crippen molar-refractivity contribution in [1.29, 1.82) is 0 Å². The smallest absolute Gasteiger partial charge is 0.329 e. The lowest BCUT2D eigenvalue weighted by molar-refractivity contribution is -0.135. The fourth-order valence-corrected chi connectivity index (χ4v) is 10.3. The van der Waals surface area contributed by atoms with Crippen LogP contribution in [-0.4, -0.2) is 115 Å². The molecule has 4 saturated heterocycles.